The Morgan fingerprint density at radius 2 is 2.00 bits per heavy atom. The molecule has 0 spiro atoms. The van der Waals surface area contributed by atoms with Crippen molar-refractivity contribution in [2.75, 3.05) is 14.1 Å². The topological polar surface area (TPSA) is 65.8 Å². The van der Waals surface area contributed by atoms with E-state index in [1.807, 2.05) is 27.1 Å². The summed E-state index contributed by atoms with van der Waals surface area (Å²) in [5.74, 6) is -1.37. The molecule has 0 amide bonds. The largest absolute Gasteiger partial charge is 0.477 e. The Bertz CT molecular complexity index is 978. The van der Waals surface area contributed by atoms with Crippen LogP contribution in [0.2, 0.25) is 0 Å². The van der Waals surface area contributed by atoms with Gasteiger partial charge in [0, 0.05) is 25.2 Å². The van der Waals surface area contributed by atoms with E-state index in [0.717, 1.165) is 28.2 Å². The predicted molar refractivity (Wildman–Crippen MR) is 98.5 cm³/mol. The van der Waals surface area contributed by atoms with Gasteiger partial charge >= 0.3 is 5.97 Å². The molecule has 0 saturated heterocycles. The average molecular weight is 357 g/mol. The highest BCUT2D eigenvalue weighted by atomic mass is 32.1. The number of aliphatic imine (C=N–C) groups is 1. The van der Waals surface area contributed by atoms with Gasteiger partial charge in [0.25, 0.3) is 0 Å². The third-order valence-electron chi connectivity index (χ3n) is 3.53. The molecule has 2 aromatic heterocycles. The number of thiophene rings is 1. The molecule has 0 aliphatic heterocycles. The molecule has 0 atom stereocenters. The minimum Gasteiger partial charge on any atom is -0.477 e. The fourth-order valence-electron chi connectivity index (χ4n) is 2.50. The minimum atomic E-state index is -1.04. The van der Waals surface area contributed by atoms with Crippen LogP contribution in [-0.4, -0.2) is 41.4 Å². The first-order chi connectivity index (χ1) is 11.9. The van der Waals surface area contributed by atoms with Crippen LogP contribution in [0.4, 0.5) is 10.1 Å². The van der Waals surface area contributed by atoms with Gasteiger partial charge in [0.15, 0.2) is 0 Å². The lowest BCUT2D eigenvalue weighted by Crippen LogP contribution is -2.07. The maximum atomic E-state index is 13.3. The number of halogens is 1. The lowest BCUT2D eigenvalue weighted by Gasteiger charge is -2.07. The van der Waals surface area contributed by atoms with Gasteiger partial charge in [-0.15, -0.1) is 11.3 Å². The van der Waals surface area contributed by atoms with E-state index in [1.165, 1.54) is 12.1 Å². The normalized spacial score (nSPS) is 11.4. The Balaban J connectivity index is 2.36. The smallest absolute Gasteiger partial charge is 0.348 e. The maximum absolute atomic E-state index is 13.3. The van der Waals surface area contributed by atoms with Crippen LogP contribution in [0.1, 0.15) is 15.4 Å². The number of nitrogens with zero attached hydrogens (tertiary/aromatic N) is 3. The van der Waals surface area contributed by atoms with Crippen LogP contribution in [0.15, 0.2) is 35.3 Å². The molecule has 0 unspecified atom stereocenters. The lowest BCUT2D eigenvalue weighted by atomic mass is 10.0. The zero-order valence-corrected chi connectivity index (χ0v) is 14.8. The Labute approximate surface area is 148 Å². The maximum Gasteiger partial charge on any atom is 0.348 e. The van der Waals surface area contributed by atoms with Gasteiger partial charge in [0.2, 0.25) is 0 Å². The Hall–Kier alpha value is -2.80. The molecule has 1 N–H and O–H groups in total. The molecule has 2 heterocycles. The summed E-state index contributed by atoms with van der Waals surface area (Å²) >= 11 is 1.09. The molecule has 0 bridgehead atoms. The molecule has 0 fully saturated rings. The fraction of sp³-hybridized carbons (Fsp3) is 0.167. The van der Waals surface area contributed by atoms with Crippen LogP contribution in [-0.2, 0) is 0 Å². The van der Waals surface area contributed by atoms with Crippen molar-refractivity contribution in [1.29, 1.82) is 0 Å². The molecule has 3 rings (SSSR count). The van der Waals surface area contributed by atoms with Crippen molar-refractivity contribution in [3.8, 4) is 11.1 Å². The number of pyridine rings is 1. The number of carboxylic acid groups (broad SMARTS) is 1. The van der Waals surface area contributed by atoms with Gasteiger partial charge in [-0.25, -0.2) is 19.2 Å². The summed E-state index contributed by atoms with van der Waals surface area (Å²) in [6.45, 7) is 1.84. The SMILES string of the molecule is Cc1cc(-c2ccc(F)cc2)c2c(N=CN(C)C)c(C(=O)O)sc2n1. The molecule has 3 aromatic rings. The molecule has 5 nitrogen and oxygen atoms in total. The molecule has 7 heteroatoms. The van der Waals surface area contributed by atoms with E-state index in [2.05, 4.69) is 9.98 Å². The van der Waals surface area contributed by atoms with E-state index in [-0.39, 0.29) is 10.7 Å². The van der Waals surface area contributed by atoms with Gasteiger partial charge < -0.3 is 10.0 Å². The van der Waals surface area contributed by atoms with Gasteiger partial charge in [0.1, 0.15) is 21.2 Å². The standard InChI is InChI=1S/C18H16FN3O2S/c1-10-8-13(11-4-6-12(19)7-5-11)14-15(20-9-22(2)3)16(18(23)24)25-17(14)21-10/h4-9H,1-3H3,(H,23,24). The van der Waals surface area contributed by atoms with Crippen LogP contribution >= 0.6 is 11.3 Å². The van der Waals surface area contributed by atoms with E-state index in [4.69, 9.17) is 0 Å². The molecule has 0 aliphatic rings. The van der Waals surface area contributed by atoms with Crippen LogP contribution in [0, 0.1) is 12.7 Å². The summed E-state index contributed by atoms with van der Waals surface area (Å²) in [7, 11) is 3.61. The monoisotopic (exact) mass is 357 g/mol. The van der Waals surface area contributed by atoms with Gasteiger partial charge in [-0.3, -0.25) is 0 Å². The zero-order valence-electron chi connectivity index (χ0n) is 13.9. The minimum absolute atomic E-state index is 0.134. The summed E-state index contributed by atoms with van der Waals surface area (Å²) in [5, 5.41) is 10.2. The number of aromatic carboxylic acids is 1. The molecule has 0 saturated carbocycles. The number of hydrogen-bond donors (Lipinski definition) is 1. The van der Waals surface area contributed by atoms with Crippen molar-refractivity contribution in [2.24, 2.45) is 4.99 Å². The highest BCUT2D eigenvalue weighted by molar-refractivity contribution is 7.21. The molecule has 128 valence electrons. The number of benzene rings is 1. The second kappa shape index (κ2) is 6.60. The number of rotatable bonds is 4. The number of aromatic nitrogens is 1. The van der Waals surface area contributed by atoms with Crippen LogP contribution in [0.5, 0.6) is 0 Å². The molecule has 0 aliphatic carbocycles. The van der Waals surface area contributed by atoms with E-state index < -0.39 is 5.97 Å². The van der Waals surface area contributed by atoms with Crippen molar-refractivity contribution in [3.63, 3.8) is 0 Å². The Kier molecular flexibility index (Phi) is 4.50. The first-order valence-electron chi connectivity index (χ1n) is 7.51. The lowest BCUT2D eigenvalue weighted by molar-refractivity contribution is 0.0703. The number of carbonyl (C=O) groups is 1. The first-order valence-corrected chi connectivity index (χ1v) is 8.32. The third kappa shape index (κ3) is 3.36. The highest BCUT2D eigenvalue weighted by Gasteiger charge is 2.22. The number of hydrogen-bond acceptors (Lipinski definition) is 4. The summed E-state index contributed by atoms with van der Waals surface area (Å²) < 4.78 is 13.3. The molecular formula is C18H16FN3O2S. The van der Waals surface area contributed by atoms with Gasteiger partial charge in [-0.05, 0) is 36.2 Å². The first kappa shape index (κ1) is 17.0. The number of carboxylic acids is 1. The van der Waals surface area contributed by atoms with Crippen molar-refractivity contribution >= 4 is 39.5 Å². The second-order valence-corrected chi connectivity index (χ2v) is 6.79. The van der Waals surface area contributed by atoms with E-state index in [1.54, 1.807) is 23.4 Å². The van der Waals surface area contributed by atoms with Crippen molar-refractivity contribution < 1.29 is 14.3 Å². The van der Waals surface area contributed by atoms with Crippen LogP contribution < -0.4 is 0 Å². The summed E-state index contributed by atoms with van der Waals surface area (Å²) in [6, 6.07) is 7.96. The molecule has 0 radical (unpaired) electrons. The van der Waals surface area contributed by atoms with Gasteiger partial charge in [-0.2, -0.15) is 0 Å². The molecule has 1 aromatic carbocycles. The number of aryl methyl sites for hydroxylation is 1. The van der Waals surface area contributed by atoms with Gasteiger partial charge in [-0.1, -0.05) is 12.1 Å². The Morgan fingerprint density at radius 1 is 1.32 bits per heavy atom. The van der Waals surface area contributed by atoms with E-state index >= 15 is 0 Å². The van der Waals surface area contributed by atoms with E-state index in [9.17, 15) is 14.3 Å². The number of fused-ring (bicyclic) bond motifs is 1. The van der Waals surface area contributed by atoms with Crippen molar-refractivity contribution in [2.45, 2.75) is 6.92 Å². The van der Waals surface area contributed by atoms with E-state index in [0.29, 0.717) is 15.9 Å². The second-order valence-electron chi connectivity index (χ2n) is 5.79. The van der Waals surface area contributed by atoms with Crippen molar-refractivity contribution in [3.05, 3.63) is 46.7 Å². The Morgan fingerprint density at radius 3 is 2.60 bits per heavy atom. The van der Waals surface area contributed by atoms with Gasteiger partial charge in [0.05, 0.1) is 6.34 Å². The average Bonchev–Trinajstić information content (AvgIpc) is 2.91. The quantitative estimate of drug-likeness (QED) is 0.557. The summed E-state index contributed by atoms with van der Waals surface area (Å²) in [6.07, 6.45) is 1.56. The summed E-state index contributed by atoms with van der Waals surface area (Å²) in [4.78, 5) is 23.0. The van der Waals surface area contributed by atoms with Crippen LogP contribution in [0.3, 0.4) is 0 Å². The zero-order chi connectivity index (χ0) is 18.1. The summed E-state index contributed by atoms with van der Waals surface area (Å²) in [5.41, 5.74) is 2.70. The third-order valence-corrected chi connectivity index (χ3v) is 4.59. The molecule has 25 heavy (non-hydrogen) atoms. The molecular weight excluding hydrogens is 341 g/mol. The fourth-order valence-corrected chi connectivity index (χ4v) is 3.53. The van der Waals surface area contributed by atoms with Crippen LogP contribution in [0.25, 0.3) is 21.3 Å². The van der Waals surface area contributed by atoms with Crippen molar-refractivity contribution in [1.82, 2.24) is 9.88 Å². The highest BCUT2D eigenvalue weighted by Crippen LogP contribution is 2.42. The predicted octanol–water partition coefficient (Wildman–Crippen LogP) is 4.33.